The fourth-order valence-electron chi connectivity index (χ4n) is 4.72. The second-order valence-corrected chi connectivity index (χ2v) is 7.90. The first-order valence-corrected chi connectivity index (χ1v) is 9.53. The van der Waals surface area contributed by atoms with Crippen LogP contribution in [-0.2, 0) is 9.53 Å². The van der Waals surface area contributed by atoms with Crippen molar-refractivity contribution in [3.05, 3.63) is 0 Å². The van der Waals surface area contributed by atoms with Gasteiger partial charge < -0.3 is 25.4 Å². The van der Waals surface area contributed by atoms with Gasteiger partial charge in [-0.15, -0.1) is 0 Å². The standard InChI is InChI=1S/C18H31N3O4/c1-18(24)8-10-25-11-13(18)15-7-4-9-21(15)17(23)20-14-6-3-5-12(14)16(22)19-2/h12-15,24H,3-11H2,1-2H3,(H,19,22)(H,20,23). The Hall–Kier alpha value is -1.34. The van der Waals surface area contributed by atoms with Crippen molar-refractivity contribution in [3.63, 3.8) is 0 Å². The minimum absolute atomic E-state index is 0.00406. The predicted octanol–water partition coefficient (Wildman–Crippen LogP) is 0.863. The molecule has 5 atom stereocenters. The van der Waals surface area contributed by atoms with E-state index in [-0.39, 0.29) is 35.9 Å². The van der Waals surface area contributed by atoms with E-state index < -0.39 is 5.60 Å². The number of aliphatic hydroxyl groups is 1. The maximum Gasteiger partial charge on any atom is 0.317 e. The lowest BCUT2D eigenvalue weighted by molar-refractivity contribution is -0.124. The Kier molecular flexibility index (Phi) is 5.53. The van der Waals surface area contributed by atoms with Crippen molar-refractivity contribution in [1.82, 2.24) is 15.5 Å². The molecule has 0 radical (unpaired) electrons. The molecule has 3 fully saturated rings. The number of nitrogens with zero attached hydrogens (tertiary/aromatic N) is 1. The number of likely N-dealkylation sites (tertiary alicyclic amines) is 1. The smallest absolute Gasteiger partial charge is 0.317 e. The van der Waals surface area contributed by atoms with Crippen LogP contribution in [0.1, 0.15) is 45.4 Å². The van der Waals surface area contributed by atoms with E-state index in [4.69, 9.17) is 4.74 Å². The maximum absolute atomic E-state index is 12.9. The van der Waals surface area contributed by atoms with Crippen molar-refractivity contribution in [2.24, 2.45) is 11.8 Å². The number of rotatable bonds is 3. The van der Waals surface area contributed by atoms with Crippen LogP contribution in [0, 0.1) is 11.8 Å². The number of carbonyl (C=O) groups is 2. The first-order chi connectivity index (χ1) is 11.9. The van der Waals surface area contributed by atoms with Gasteiger partial charge in [-0.2, -0.15) is 0 Å². The predicted molar refractivity (Wildman–Crippen MR) is 93.0 cm³/mol. The highest BCUT2D eigenvalue weighted by Crippen LogP contribution is 2.36. The quantitative estimate of drug-likeness (QED) is 0.702. The lowest BCUT2D eigenvalue weighted by atomic mass is 9.79. The summed E-state index contributed by atoms with van der Waals surface area (Å²) in [5.74, 6) is -0.201. The van der Waals surface area contributed by atoms with Crippen molar-refractivity contribution in [2.75, 3.05) is 26.8 Å². The minimum Gasteiger partial charge on any atom is -0.390 e. The van der Waals surface area contributed by atoms with Gasteiger partial charge in [0.15, 0.2) is 0 Å². The zero-order valence-corrected chi connectivity index (χ0v) is 15.3. The lowest BCUT2D eigenvalue weighted by Crippen LogP contribution is -2.56. The summed E-state index contributed by atoms with van der Waals surface area (Å²) >= 11 is 0. The van der Waals surface area contributed by atoms with Crippen LogP contribution >= 0.6 is 0 Å². The first kappa shape index (κ1) is 18.5. The molecular weight excluding hydrogens is 322 g/mol. The highest BCUT2D eigenvalue weighted by molar-refractivity contribution is 5.81. The number of ether oxygens (including phenoxy) is 1. The monoisotopic (exact) mass is 353 g/mol. The molecule has 5 unspecified atom stereocenters. The van der Waals surface area contributed by atoms with Crippen molar-refractivity contribution < 1.29 is 19.4 Å². The molecule has 2 aliphatic heterocycles. The van der Waals surface area contributed by atoms with Gasteiger partial charge in [-0.25, -0.2) is 4.79 Å². The second kappa shape index (κ2) is 7.50. The molecule has 2 saturated heterocycles. The largest absolute Gasteiger partial charge is 0.390 e. The molecule has 3 aliphatic rings. The molecule has 3 amide bonds. The molecule has 7 heteroatoms. The van der Waals surface area contributed by atoms with Gasteiger partial charge in [0.1, 0.15) is 0 Å². The average molecular weight is 353 g/mol. The molecular formula is C18H31N3O4. The molecule has 1 saturated carbocycles. The van der Waals surface area contributed by atoms with E-state index in [9.17, 15) is 14.7 Å². The van der Waals surface area contributed by atoms with E-state index >= 15 is 0 Å². The van der Waals surface area contributed by atoms with Crippen LogP contribution in [0.5, 0.6) is 0 Å². The molecule has 0 aromatic carbocycles. The zero-order chi connectivity index (χ0) is 18.0. The van der Waals surface area contributed by atoms with E-state index in [2.05, 4.69) is 10.6 Å². The Balaban J connectivity index is 1.65. The average Bonchev–Trinajstić information content (AvgIpc) is 3.22. The van der Waals surface area contributed by atoms with Crippen LogP contribution in [0.3, 0.4) is 0 Å². The third-order valence-electron chi connectivity index (χ3n) is 6.28. The summed E-state index contributed by atoms with van der Waals surface area (Å²) < 4.78 is 5.58. The van der Waals surface area contributed by atoms with E-state index in [0.717, 1.165) is 32.1 Å². The third-order valence-corrected chi connectivity index (χ3v) is 6.28. The van der Waals surface area contributed by atoms with Gasteiger partial charge in [0, 0.05) is 38.2 Å². The van der Waals surface area contributed by atoms with Crippen LogP contribution in [0.25, 0.3) is 0 Å². The summed E-state index contributed by atoms with van der Waals surface area (Å²) in [6, 6.07) is -0.211. The Labute approximate surface area is 149 Å². The van der Waals surface area contributed by atoms with Gasteiger partial charge in [-0.1, -0.05) is 6.42 Å². The summed E-state index contributed by atoms with van der Waals surface area (Å²) in [7, 11) is 1.64. The normalized spacial score (nSPS) is 38.6. The molecule has 0 aromatic rings. The molecule has 25 heavy (non-hydrogen) atoms. The van der Waals surface area contributed by atoms with E-state index in [1.165, 1.54) is 0 Å². The van der Waals surface area contributed by atoms with Crippen molar-refractivity contribution in [1.29, 1.82) is 0 Å². The summed E-state index contributed by atoms with van der Waals surface area (Å²) in [5, 5.41) is 16.5. The summed E-state index contributed by atoms with van der Waals surface area (Å²) in [6.45, 7) is 3.61. The molecule has 0 spiro atoms. The molecule has 1 aliphatic carbocycles. The molecule has 3 N–H and O–H groups in total. The van der Waals surface area contributed by atoms with Crippen LogP contribution in [-0.4, -0.2) is 66.4 Å². The van der Waals surface area contributed by atoms with Gasteiger partial charge in [0.2, 0.25) is 5.91 Å². The Morgan fingerprint density at radius 3 is 2.76 bits per heavy atom. The minimum atomic E-state index is -0.802. The van der Waals surface area contributed by atoms with Gasteiger partial charge in [-0.3, -0.25) is 4.79 Å². The van der Waals surface area contributed by atoms with Crippen molar-refractivity contribution in [2.45, 2.75) is 63.1 Å². The Morgan fingerprint density at radius 2 is 2.04 bits per heavy atom. The highest BCUT2D eigenvalue weighted by atomic mass is 16.5. The number of carbonyl (C=O) groups excluding carboxylic acids is 2. The molecule has 3 rings (SSSR count). The number of nitrogens with one attached hydrogen (secondary N) is 2. The van der Waals surface area contributed by atoms with Crippen LogP contribution < -0.4 is 10.6 Å². The fourth-order valence-corrected chi connectivity index (χ4v) is 4.72. The SMILES string of the molecule is CNC(=O)C1CCCC1NC(=O)N1CCCC1C1COCCC1(C)O. The van der Waals surface area contributed by atoms with E-state index in [0.29, 0.717) is 26.2 Å². The fraction of sp³-hybridized carbons (Fsp3) is 0.889. The van der Waals surface area contributed by atoms with Crippen LogP contribution in [0.4, 0.5) is 4.79 Å². The Morgan fingerprint density at radius 1 is 1.24 bits per heavy atom. The Bertz CT molecular complexity index is 511. The van der Waals surface area contributed by atoms with Gasteiger partial charge in [0.25, 0.3) is 0 Å². The first-order valence-electron chi connectivity index (χ1n) is 9.53. The maximum atomic E-state index is 12.9. The van der Waals surface area contributed by atoms with E-state index in [1.807, 2.05) is 11.8 Å². The topological polar surface area (TPSA) is 90.9 Å². The van der Waals surface area contributed by atoms with Crippen molar-refractivity contribution >= 4 is 11.9 Å². The number of urea groups is 1. The third kappa shape index (κ3) is 3.77. The zero-order valence-electron chi connectivity index (χ0n) is 15.3. The molecule has 0 bridgehead atoms. The molecule has 7 nitrogen and oxygen atoms in total. The summed E-state index contributed by atoms with van der Waals surface area (Å²) in [5.41, 5.74) is -0.802. The lowest BCUT2D eigenvalue weighted by Gasteiger charge is -2.43. The van der Waals surface area contributed by atoms with E-state index in [1.54, 1.807) is 7.05 Å². The molecule has 2 heterocycles. The second-order valence-electron chi connectivity index (χ2n) is 7.90. The highest BCUT2D eigenvalue weighted by Gasteiger charge is 2.46. The summed E-state index contributed by atoms with van der Waals surface area (Å²) in [4.78, 5) is 26.7. The summed E-state index contributed by atoms with van der Waals surface area (Å²) in [6.07, 6.45) is 5.05. The number of hydrogen-bond acceptors (Lipinski definition) is 4. The van der Waals surface area contributed by atoms with Gasteiger partial charge >= 0.3 is 6.03 Å². The molecule has 0 aromatic heterocycles. The van der Waals surface area contributed by atoms with Gasteiger partial charge in [0.05, 0.1) is 18.1 Å². The van der Waals surface area contributed by atoms with Crippen molar-refractivity contribution in [3.8, 4) is 0 Å². The number of hydrogen-bond donors (Lipinski definition) is 3. The number of amides is 3. The molecule has 142 valence electrons. The van der Waals surface area contributed by atoms with Crippen LogP contribution in [0.2, 0.25) is 0 Å². The van der Waals surface area contributed by atoms with Crippen LogP contribution in [0.15, 0.2) is 0 Å². The van der Waals surface area contributed by atoms with Gasteiger partial charge in [-0.05, 0) is 39.0 Å².